The van der Waals surface area contributed by atoms with Crippen LogP contribution >= 0.6 is 12.4 Å². The smallest absolute Gasteiger partial charge is 0.119 e. The number of benzene rings is 3. The minimum atomic E-state index is 0. The van der Waals surface area contributed by atoms with Crippen molar-refractivity contribution < 1.29 is 4.74 Å². The maximum atomic E-state index is 6.04. The number of nitrogens with two attached hydrogens (primary N) is 1. The molecule has 4 aromatic rings. The first kappa shape index (κ1) is 21.5. The first-order valence-electron chi connectivity index (χ1n) is 9.98. The standard InChI is InChI=1S/C25H25N3O.ClH/c1-2-3-15-29-21-12-10-20(11-13-21)27-25-17-24(18-7-5-4-6-8-18)28-23-14-9-19(26)16-22(23)25;/h4-14,16-17H,2-3,15,26H2,1H3,(H,27,28);1H. The van der Waals surface area contributed by atoms with Crippen LogP contribution in [0.4, 0.5) is 17.1 Å². The predicted octanol–water partition coefficient (Wildman–Crippen LogP) is 6.83. The molecule has 0 atom stereocenters. The van der Waals surface area contributed by atoms with E-state index in [1.165, 1.54) is 0 Å². The molecule has 0 fully saturated rings. The van der Waals surface area contributed by atoms with Crippen molar-refractivity contribution in [2.45, 2.75) is 19.8 Å². The van der Waals surface area contributed by atoms with Crippen LogP contribution in [0.15, 0.2) is 78.9 Å². The fraction of sp³-hybridized carbons (Fsp3) is 0.160. The Kier molecular flexibility index (Phi) is 7.15. The number of halogens is 1. The number of hydrogen-bond acceptors (Lipinski definition) is 4. The van der Waals surface area contributed by atoms with Crippen molar-refractivity contribution in [3.05, 3.63) is 78.9 Å². The van der Waals surface area contributed by atoms with Crippen LogP contribution < -0.4 is 15.8 Å². The molecular weight excluding hydrogens is 394 g/mol. The molecule has 0 bridgehead atoms. The number of hydrogen-bond donors (Lipinski definition) is 2. The molecule has 0 spiro atoms. The zero-order chi connectivity index (χ0) is 20.1. The zero-order valence-corrected chi connectivity index (χ0v) is 17.8. The Morgan fingerprint density at radius 2 is 1.70 bits per heavy atom. The summed E-state index contributed by atoms with van der Waals surface area (Å²) in [4.78, 5) is 4.83. The molecule has 5 heteroatoms. The lowest BCUT2D eigenvalue weighted by Crippen LogP contribution is -1.98. The van der Waals surface area contributed by atoms with Crippen molar-refractivity contribution in [3.63, 3.8) is 0 Å². The van der Waals surface area contributed by atoms with E-state index in [0.29, 0.717) is 0 Å². The van der Waals surface area contributed by atoms with Gasteiger partial charge in [0, 0.05) is 22.3 Å². The van der Waals surface area contributed by atoms with Gasteiger partial charge in [-0.2, -0.15) is 0 Å². The first-order valence-corrected chi connectivity index (χ1v) is 9.98. The highest BCUT2D eigenvalue weighted by atomic mass is 35.5. The Morgan fingerprint density at radius 3 is 2.43 bits per heavy atom. The molecule has 3 aromatic carbocycles. The van der Waals surface area contributed by atoms with Crippen LogP contribution in [0.5, 0.6) is 5.75 Å². The molecule has 0 unspecified atom stereocenters. The van der Waals surface area contributed by atoms with Crippen LogP contribution in [0, 0.1) is 0 Å². The molecule has 1 aromatic heterocycles. The Hall–Kier alpha value is -3.24. The van der Waals surface area contributed by atoms with Gasteiger partial charge in [-0.25, -0.2) is 4.98 Å². The van der Waals surface area contributed by atoms with E-state index in [1.807, 2.05) is 60.7 Å². The van der Waals surface area contributed by atoms with Crippen molar-refractivity contribution in [3.8, 4) is 17.0 Å². The molecule has 1 heterocycles. The van der Waals surface area contributed by atoms with E-state index in [0.717, 1.165) is 64.4 Å². The molecule has 4 nitrogen and oxygen atoms in total. The molecule has 154 valence electrons. The zero-order valence-electron chi connectivity index (χ0n) is 17.0. The summed E-state index contributed by atoms with van der Waals surface area (Å²) in [7, 11) is 0. The molecule has 4 rings (SSSR count). The Balaban J connectivity index is 0.00000256. The van der Waals surface area contributed by atoms with Gasteiger partial charge >= 0.3 is 0 Å². The quantitative estimate of drug-likeness (QED) is 0.254. The average molecular weight is 420 g/mol. The van der Waals surface area contributed by atoms with Gasteiger partial charge in [0.05, 0.1) is 23.5 Å². The largest absolute Gasteiger partial charge is 0.494 e. The van der Waals surface area contributed by atoms with Crippen molar-refractivity contribution in [1.82, 2.24) is 4.98 Å². The van der Waals surface area contributed by atoms with E-state index < -0.39 is 0 Å². The maximum absolute atomic E-state index is 6.04. The minimum Gasteiger partial charge on any atom is -0.494 e. The summed E-state index contributed by atoms with van der Waals surface area (Å²) < 4.78 is 5.76. The minimum absolute atomic E-state index is 0. The summed E-state index contributed by atoms with van der Waals surface area (Å²) in [5.74, 6) is 0.887. The number of rotatable bonds is 7. The van der Waals surface area contributed by atoms with Crippen molar-refractivity contribution in [1.29, 1.82) is 0 Å². The summed E-state index contributed by atoms with van der Waals surface area (Å²) in [6.45, 7) is 2.91. The van der Waals surface area contributed by atoms with Gasteiger partial charge in [0.15, 0.2) is 0 Å². The predicted molar refractivity (Wildman–Crippen MR) is 129 cm³/mol. The van der Waals surface area contributed by atoms with Crippen LogP contribution in [-0.2, 0) is 0 Å². The van der Waals surface area contributed by atoms with Crippen LogP contribution in [0.1, 0.15) is 19.8 Å². The molecule has 0 radical (unpaired) electrons. The van der Waals surface area contributed by atoms with E-state index in [4.69, 9.17) is 15.5 Å². The van der Waals surface area contributed by atoms with Crippen LogP contribution in [0.2, 0.25) is 0 Å². The third kappa shape index (κ3) is 5.02. The van der Waals surface area contributed by atoms with Gasteiger partial charge in [-0.1, -0.05) is 43.7 Å². The van der Waals surface area contributed by atoms with Gasteiger partial charge < -0.3 is 15.8 Å². The first-order chi connectivity index (χ1) is 14.2. The molecular formula is C25H26ClN3O. The number of ether oxygens (including phenoxy) is 1. The van der Waals surface area contributed by atoms with Gasteiger partial charge in [-0.3, -0.25) is 0 Å². The molecule has 0 aliphatic carbocycles. The number of aromatic nitrogens is 1. The van der Waals surface area contributed by atoms with Crippen molar-refractivity contribution in [2.75, 3.05) is 17.7 Å². The van der Waals surface area contributed by atoms with Crippen molar-refractivity contribution in [2.24, 2.45) is 0 Å². The van der Waals surface area contributed by atoms with Gasteiger partial charge in [0.25, 0.3) is 0 Å². The number of pyridine rings is 1. The Labute approximate surface area is 183 Å². The summed E-state index contributed by atoms with van der Waals surface area (Å²) in [5.41, 5.74) is 11.6. The molecule has 0 saturated heterocycles. The Morgan fingerprint density at radius 1 is 0.933 bits per heavy atom. The fourth-order valence-corrected chi connectivity index (χ4v) is 3.23. The van der Waals surface area contributed by atoms with E-state index in [9.17, 15) is 0 Å². The SMILES string of the molecule is CCCCOc1ccc(Nc2cc(-c3ccccc3)nc3ccc(N)cc23)cc1.Cl. The molecule has 3 N–H and O–H groups in total. The fourth-order valence-electron chi connectivity index (χ4n) is 3.23. The van der Waals surface area contributed by atoms with Crippen LogP contribution in [0.3, 0.4) is 0 Å². The van der Waals surface area contributed by atoms with Crippen LogP contribution in [0.25, 0.3) is 22.2 Å². The van der Waals surface area contributed by atoms with Crippen LogP contribution in [-0.4, -0.2) is 11.6 Å². The molecule has 0 saturated carbocycles. The summed E-state index contributed by atoms with van der Waals surface area (Å²) in [5, 5.41) is 4.52. The normalized spacial score (nSPS) is 10.4. The van der Waals surface area contributed by atoms with E-state index in [2.05, 4.69) is 30.4 Å². The second-order valence-corrected chi connectivity index (χ2v) is 7.05. The van der Waals surface area contributed by atoms with E-state index >= 15 is 0 Å². The summed E-state index contributed by atoms with van der Waals surface area (Å²) in [6, 6.07) is 26.1. The third-order valence-electron chi connectivity index (χ3n) is 4.80. The number of unbranched alkanes of at least 4 members (excludes halogenated alkanes) is 1. The molecule has 0 amide bonds. The van der Waals surface area contributed by atoms with E-state index in [-0.39, 0.29) is 12.4 Å². The van der Waals surface area contributed by atoms with E-state index in [1.54, 1.807) is 0 Å². The number of fused-ring (bicyclic) bond motifs is 1. The third-order valence-corrected chi connectivity index (χ3v) is 4.80. The Bertz CT molecular complexity index is 1100. The maximum Gasteiger partial charge on any atom is 0.119 e. The van der Waals surface area contributed by atoms with Gasteiger partial charge in [-0.15, -0.1) is 12.4 Å². The second kappa shape index (κ2) is 9.99. The molecule has 0 aliphatic rings. The van der Waals surface area contributed by atoms with Gasteiger partial charge in [-0.05, 0) is 55.0 Å². The lowest BCUT2D eigenvalue weighted by molar-refractivity contribution is 0.309. The average Bonchev–Trinajstić information content (AvgIpc) is 2.76. The number of nitrogen functional groups attached to an aromatic ring is 1. The van der Waals surface area contributed by atoms with Crippen molar-refractivity contribution >= 4 is 40.4 Å². The monoisotopic (exact) mass is 419 g/mol. The van der Waals surface area contributed by atoms with Gasteiger partial charge in [0.1, 0.15) is 5.75 Å². The molecule has 0 aliphatic heterocycles. The lowest BCUT2D eigenvalue weighted by atomic mass is 10.1. The van der Waals surface area contributed by atoms with Gasteiger partial charge in [0.2, 0.25) is 0 Å². The summed E-state index contributed by atoms with van der Waals surface area (Å²) >= 11 is 0. The summed E-state index contributed by atoms with van der Waals surface area (Å²) in [6.07, 6.45) is 2.19. The highest BCUT2D eigenvalue weighted by molar-refractivity contribution is 5.97. The number of anilines is 3. The lowest BCUT2D eigenvalue weighted by Gasteiger charge is -2.13. The topological polar surface area (TPSA) is 60.2 Å². The highest BCUT2D eigenvalue weighted by Gasteiger charge is 2.09. The second-order valence-electron chi connectivity index (χ2n) is 7.05. The number of nitrogens with one attached hydrogen (secondary N) is 1. The number of nitrogens with zero attached hydrogens (tertiary/aromatic N) is 1. The molecule has 30 heavy (non-hydrogen) atoms. The highest BCUT2D eigenvalue weighted by Crippen LogP contribution is 2.32.